The number of aliphatic hydroxyl groups excluding tert-OH is 2. The Labute approximate surface area is 103 Å². The van der Waals surface area contributed by atoms with Crippen LogP contribution in [0.15, 0.2) is 18.2 Å². The Morgan fingerprint density at radius 3 is 2.47 bits per heavy atom. The molecule has 1 aromatic rings. The van der Waals surface area contributed by atoms with E-state index in [9.17, 15) is 8.78 Å². The Morgan fingerprint density at radius 2 is 2.00 bits per heavy atom. The topological polar surface area (TPSA) is 43.7 Å². The lowest BCUT2D eigenvalue weighted by atomic mass is 10.2. The van der Waals surface area contributed by atoms with Crippen LogP contribution in [0, 0.1) is 0 Å². The van der Waals surface area contributed by atoms with Gasteiger partial charge in [-0.2, -0.15) is 0 Å². The van der Waals surface area contributed by atoms with Crippen molar-refractivity contribution in [1.82, 2.24) is 0 Å². The molecule has 96 valence electrons. The third kappa shape index (κ3) is 4.11. The van der Waals surface area contributed by atoms with E-state index in [1.54, 1.807) is 12.1 Å². The molecule has 0 atom stereocenters. The first-order valence-corrected chi connectivity index (χ1v) is 5.49. The van der Waals surface area contributed by atoms with E-state index < -0.39 is 13.0 Å². The quantitative estimate of drug-likeness (QED) is 0.826. The molecule has 0 aliphatic carbocycles. The third-order valence-electron chi connectivity index (χ3n) is 2.26. The van der Waals surface area contributed by atoms with Crippen molar-refractivity contribution < 1.29 is 19.0 Å². The smallest absolute Gasteiger partial charge is 0.255 e. The fourth-order valence-electron chi connectivity index (χ4n) is 1.50. The van der Waals surface area contributed by atoms with Crippen molar-refractivity contribution in [2.45, 2.75) is 13.0 Å². The zero-order valence-electron chi connectivity index (χ0n) is 9.11. The molecule has 3 nitrogen and oxygen atoms in total. The average Bonchev–Trinajstić information content (AvgIpc) is 2.27. The molecule has 0 aromatic heterocycles. The van der Waals surface area contributed by atoms with Crippen LogP contribution in [0.5, 0.6) is 0 Å². The van der Waals surface area contributed by atoms with E-state index in [2.05, 4.69) is 0 Å². The first-order valence-electron chi connectivity index (χ1n) is 5.11. The molecule has 2 N–H and O–H groups in total. The maximum absolute atomic E-state index is 12.4. The van der Waals surface area contributed by atoms with Gasteiger partial charge in [0.05, 0.1) is 30.5 Å². The molecule has 1 aromatic carbocycles. The molecule has 17 heavy (non-hydrogen) atoms. The highest BCUT2D eigenvalue weighted by Crippen LogP contribution is 2.27. The minimum absolute atomic E-state index is 0.0858. The number of aliphatic hydroxyl groups is 2. The van der Waals surface area contributed by atoms with Gasteiger partial charge in [0.25, 0.3) is 6.43 Å². The molecule has 0 fully saturated rings. The van der Waals surface area contributed by atoms with Crippen LogP contribution in [0.1, 0.15) is 5.56 Å². The van der Waals surface area contributed by atoms with E-state index in [0.717, 1.165) is 0 Å². The fraction of sp³-hybridized carbons (Fsp3) is 0.455. The summed E-state index contributed by atoms with van der Waals surface area (Å²) in [6.45, 7) is -0.791. The summed E-state index contributed by atoms with van der Waals surface area (Å²) < 4.78 is 24.7. The maximum Gasteiger partial charge on any atom is 0.255 e. The molecular weight excluding hydrogens is 252 g/mol. The van der Waals surface area contributed by atoms with Crippen molar-refractivity contribution in [2.24, 2.45) is 0 Å². The molecule has 1 rings (SSSR count). The second-order valence-electron chi connectivity index (χ2n) is 3.50. The average molecular weight is 266 g/mol. The van der Waals surface area contributed by atoms with Crippen LogP contribution >= 0.6 is 11.6 Å². The van der Waals surface area contributed by atoms with Crippen molar-refractivity contribution in [1.29, 1.82) is 0 Å². The van der Waals surface area contributed by atoms with Crippen molar-refractivity contribution in [3.05, 3.63) is 28.8 Å². The molecule has 0 radical (unpaired) electrons. The molecule has 0 saturated heterocycles. The molecule has 0 unspecified atom stereocenters. The monoisotopic (exact) mass is 265 g/mol. The van der Waals surface area contributed by atoms with Gasteiger partial charge >= 0.3 is 0 Å². The second-order valence-corrected chi connectivity index (χ2v) is 3.91. The van der Waals surface area contributed by atoms with E-state index in [1.165, 1.54) is 11.0 Å². The Bertz CT molecular complexity index is 363. The molecule has 0 aliphatic rings. The minimum Gasteiger partial charge on any atom is -0.395 e. The molecule has 0 saturated carbocycles. The summed E-state index contributed by atoms with van der Waals surface area (Å²) in [5, 5.41) is 18.0. The van der Waals surface area contributed by atoms with Crippen molar-refractivity contribution in [3.8, 4) is 0 Å². The molecule has 6 heteroatoms. The summed E-state index contributed by atoms with van der Waals surface area (Å²) in [7, 11) is 0. The number of hydrogen-bond acceptors (Lipinski definition) is 3. The first-order chi connectivity index (χ1) is 8.08. The van der Waals surface area contributed by atoms with Crippen LogP contribution in [-0.4, -0.2) is 36.3 Å². The van der Waals surface area contributed by atoms with Crippen LogP contribution in [0.25, 0.3) is 0 Å². The minimum atomic E-state index is -2.50. The third-order valence-corrected chi connectivity index (χ3v) is 2.57. The first kappa shape index (κ1) is 14.2. The van der Waals surface area contributed by atoms with Gasteiger partial charge in [-0.15, -0.1) is 0 Å². The highest BCUT2D eigenvalue weighted by molar-refractivity contribution is 6.33. The zero-order chi connectivity index (χ0) is 12.8. The standard InChI is InChI=1S/C11H14ClF2NO2/c12-9-5-8(7-17)1-2-10(9)15(3-4-16)6-11(13)14/h1-2,5,11,16-17H,3-4,6-7H2. The van der Waals surface area contributed by atoms with Crippen LogP contribution in [0.2, 0.25) is 5.02 Å². The van der Waals surface area contributed by atoms with E-state index in [1.807, 2.05) is 0 Å². The number of halogens is 3. The van der Waals surface area contributed by atoms with Crippen molar-refractivity contribution in [3.63, 3.8) is 0 Å². The lowest BCUT2D eigenvalue weighted by Crippen LogP contribution is -2.31. The zero-order valence-corrected chi connectivity index (χ0v) is 9.87. The lowest BCUT2D eigenvalue weighted by Gasteiger charge is -2.24. The maximum atomic E-state index is 12.4. The number of benzene rings is 1. The van der Waals surface area contributed by atoms with E-state index in [0.29, 0.717) is 11.3 Å². The number of anilines is 1. The number of hydrogen-bond donors (Lipinski definition) is 2. The van der Waals surface area contributed by atoms with Gasteiger partial charge in [-0.05, 0) is 17.7 Å². The summed E-state index contributed by atoms with van der Waals surface area (Å²) in [5.41, 5.74) is 1.04. The van der Waals surface area contributed by atoms with Crippen LogP contribution < -0.4 is 4.90 Å². The van der Waals surface area contributed by atoms with E-state index in [-0.39, 0.29) is 24.8 Å². The molecule has 0 heterocycles. The molecule has 0 bridgehead atoms. The summed E-state index contributed by atoms with van der Waals surface area (Å²) in [4.78, 5) is 1.31. The highest BCUT2D eigenvalue weighted by Gasteiger charge is 2.15. The predicted octanol–water partition coefficient (Wildman–Crippen LogP) is 1.90. The fourth-order valence-corrected chi connectivity index (χ4v) is 1.83. The van der Waals surface area contributed by atoms with Crippen LogP contribution in [-0.2, 0) is 6.61 Å². The van der Waals surface area contributed by atoms with Gasteiger partial charge in [-0.1, -0.05) is 17.7 Å². The molecule has 0 spiro atoms. The Morgan fingerprint density at radius 1 is 1.29 bits per heavy atom. The Kier molecular flexibility index (Phi) is 5.61. The van der Waals surface area contributed by atoms with Gasteiger partial charge in [0.15, 0.2) is 0 Å². The number of nitrogens with zero attached hydrogens (tertiary/aromatic N) is 1. The van der Waals surface area contributed by atoms with Crippen molar-refractivity contribution in [2.75, 3.05) is 24.6 Å². The van der Waals surface area contributed by atoms with Gasteiger partial charge < -0.3 is 15.1 Å². The Hall–Kier alpha value is -0.910. The van der Waals surface area contributed by atoms with Crippen LogP contribution in [0.3, 0.4) is 0 Å². The van der Waals surface area contributed by atoms with E-state index >= 15 is 0 Å². The molecule has 0 amide bonds. The highest BCUT2D eigenvalue weighted by atomic mass is 35.5. The van der Waals surface area contributed by atoms with Gasteiger partial charge in [0.2, 0.25) is 0 Å². The van der Waals surface area contributed by atoms with Gasteiger partial charge in [0, 0.05) is 6.54 Å². The normalized spacial score (nSPS) is 10.9. The van der Waals surface area contributed by atoms with Gasteiger partial charge in [-0.3, -0.25) is 0 Å². The predicted molar refractivity (Wildman–Crippen MR) is 62.7 cm³/mol. The Balaban J connectivity index is 2.93. The summed E-state index contributed by atoms with van der Waals surface area (Å²) in [6.07, 6.45) is -2.50. The summed E-state index contributed by atoms with van der Waals surface area (Å²) >= 11 is 5.94. The lowest BCUT2D eigenvalue weighted by molar-refractivity contribution is 0.153. The SMILES string of the molecule is OCCN(CC(F)F)c1ccc(CO)cc1Cl. The van der Waals surface area contributed by atoms with Crippen LogP contribution in [0.4, 0.5) is 14.5 Å². The van der Waals surface area contributed by atoms with Crippen molar-refractivity contribution >= 4 is 17.3 Å². The molecular formula is C11H14ClF2NO2. The summed E-state index contributed by atoms with van der Waals surface area (Å²) in [5.74, 6) is 0. The van der Waals surface area contributed by atoms with Gasteiger partial charge in [-0.25, -0.2) is 8.78 Å². The van der Waals surface area contributed by atoms with E-state index in [4.69, 9.17) is 21.8 Å². The second kappa shape index (κ2) is 6.74. The number of rotatable bonds is 6. The number of alkyl halides is 2. The van der Waals surface area contributed by atoms with Gasteiger partial charge in [0.1, 0.15) is 0 Å². The molecule has 0 aliphatic heterocycles. The largest absolute Gasteiger partial charge is 0.395 e. The summed E-state index contributed by atoms with van der Waals surface area (Å²) in [6, 6.07) is 4.69.